The molecule has 146 valence electrons. The molecule has 0 saturated carbocycles. The highest BCUT2D eigenvalue weighted by Gasteiger charge is 2.46. The zero-order valence-corrected chi connectivity index (χ0v) is 16.4. The Morgan fingerprint density at radius 1 is 0.667 bits per heavy atom. The van der Waals surface area contributed by atoms with Gasteiger partial charge in [-0.2, -0.15) is 0 Å². The quantitative estimate of drug-likeness (QED) is 0.438. The second-order valence-corrected chi connectivity index (χ2v) is 7.51. The fourth-order valence-electron chi connectivity index (χ4n) is 4.07. The molecule has 0 spiro atoms. The number of ketones is 1. The van der Waals surface area contributed by atoms with E-state index >= 15 is 0 Å². The standard InChI is InChI=1S/C27H21NO2/c29-26-24-13-7-8-14-25(24)28-27(26,21-9-3-1-4-10-21)19-20-15-17-23(18-16-20)30-22-11-5-2-6-12-22/h1-18,28H,19H2. The van der Waals surface area contributed by atoms with Crippen molar-refractivity contribution in [2.24, 2.45) is 0 Å². The van der Waals surface area contributed by atoms with Gasteiger partial charge in [-0.1, -0.05) is 72.8 Å². The van der Waals surface area contributed by atoms with Crippen molar-refractivity contribution in [3.8, 4) is 11.5 Å². The van der Waals surface area contributed by atoms with E-state index in [4.69, 9.17) is 4.74 Å². The van der Waals surface area contributed by atoms with E-state index in [1.165, 1.54) is 0 Å². The maximum Gasteiger partial charge on any atom is 0.195 e. The van der Waals surface area contributed by atoms with Crippen LogP contribution in [0.15, 0.2) is 109 Å². The number of carbonyl (C=O) groups excluding carboxylic acids is 1. The highest BCUT2D eigenvalue weighted by Crippen LogP contribution is 2.41. The third-order valence-corrected chi connectivity index (χ3v) is 5.55. The number of para-hydroxylation sites is 2. The van der Waals surface area contributed by atoms with Crippen LogP contribution >= 0.6 is 0 Å². The van der Waals surface area contributed by atoms with Gasteiger partial charge in [0.05, 0.1) is 0 Å². The summed E-state index contributed by atoms with van der Waals surface area (Å²) in [5.41, 5.74) is 2.84. The summed E-state index contributed by atoms with van der Waals surface area (Å²) in [6.45, 7) is 0. The number of carbonyl (C=O) groups is 1. The third-order valence-electron chi connectivity index (χ3n) is 5.55. The molecule has 1 N–H and O–H groups in total. The fourth-order valence-corrected chi connectivity index (χ4v) is 4.07. The molecular formula is C27H21NO2. The van der Waals surface area contributed by atoms with Gasteiger partial charge in [0.2, 0.25) is 0 Å². The summed E-state index contributed by atoms with van der Waals surface area (Å²) < 4.78 is 5.90. The summed E-state index contributed by atoms with van der Waals surface area (Å²) in [6.07, 6.45) is 0.552. The Morgan fingerprint density at radius 3 is 1.97 bits per heavy atom. The van der Waals surface area contributed by atoms with Crippen LogP contribution in [0.5, 0.6) is 11.5 Å². The summed E-state index contributed by atoms with van der Waals surface area (Å²) in [5, 5.41) is 3.54. The SMILES string of the molecule is O=C1c2ccccc2NC1(Cc1ccc(Oc2ccccc2)cc1)c1ccccc1. The first kappa shape index (κ1) is 18.2. The minimum absolute atomic E-state index is 0.105. The lowest BCUT2D eigenvalue weighted by molar-refractivity contribution is 0.0916. The molecule has 0 saturated heterocycles. The number of hydrogen-bond donors (Lipinski definition) is 1. The van der Waals surface area contributed by atoms with Crippen LogP contribution in [-0.4, -0.2) is 5.78 Å². The Hall–Kier alpha value is -3.85. The number of fused-ring (bicyclic) bond motifs is 1. The normalized spacial score (nSPS) is 17.3. The van der Waals surface area contributed by atoms with Gasteiger partial charge < -0.3 is 10.1 Å². The molecule has 0 bridgehead atoms. The van der Waals surface area contributed by atoms with E-state index in [2.05, 4.69) is 5.32 Å². The molecule has 0 radical (unpaired) electrons. The van der Waals surface area contributed by atoms with Crippen molar-refractivity contribution in [2.45, 2.75) is 12.0 Å². The lowest BCUT2D eigenvalue weighted by atomic mass is 9.80. The number of hydrogen-bond acceptors (Lipinski definition) is 3. The highest BCUT2D eigenvalue weighted by atomic mass is 16.5. The van der Waals surface area contributed by atoms with Gasteiger partial charge in [-0.15, -0.1) is 0 Å². The van der Waals surface area contributed by atoms with Crippen molar-refractivity contribution >= 4 is 11.5 Å². The molecule has 1 aliphatic rings. The van der Waals surface area contributed by atoms with E-state index in [1.54, 1.807) is 0 Å². The average molecular weight is 391 g/mol. The van der Waals surface area contributed by atoms with Crippen LogP contribution in [0.3, 0.4) is 0 Å². The smallest absolute Gasteiger partial charge is 0.195 e. The fraction of sp³-hybridized carbons (Fsp3) is 0.0741. The molecule has 4 aromatic carbocycles. The van der Waals surface area contributed by atoms with Crippen LogP contribution in [0.1, 0.15) is 21.5 Å². The molecule has 0 aliphatic carbocycles. The maximum absolute atomic E-state index is 13.5. The van der Waals surface area contributed by atoms with E-state index < -0.39 is 5.54 Å². The molecular weight excluding hydrogens is 370 g/mol. The van der Waals surface area contributed by atoms with Crippen molar-refractivity contribution in [1.29, 1.82) is 0 Å². The zero-order valence-electron chi connectivity index (χ0n) is 16.4. The minimum atomic E-state index is -0.813. The first-order chi connectivity index (χ1) is 14.7. The molecule has 3 heteroatoms. The third kappa shape index (κ3) is 3.25. The average Bonchev–Trinajstić information content (AvgIpc) is 3.09. The van der Waals surface area contributed by atoms with E-state index in [-0.39, 0.29) is 5.78 Å². The maximum atomic E-state index is 13.5. The van der Waals surface area contributed by atoms with Gasteiger partial charge in [0.15, 0.2) is 5.78 Å². The van der Waals surface area contributed by atoms with Crippen LogP contribution in [-0.2, 0) is 12.0 Å². The van der Waals surface area contributed by atoms with Gasteiger partial charge in [-0.3, -0.25) is 4.79 Å². The van der Waals surface area contributed by atoms with Crippen LogP contribution in [0.4, 0.5) is 5.69 Å². The minimum Gasteiger partial charge on any atom is -0.457 e. The molecule has 0 amide bonds. The molecule has 0 aromatic heterocycles. The van der Waals surface area contributed by atoms with Gasteiger partial charge in [0, 0.05) is 17.7 Å². The van der Waals surface area contributed by atoms with Gasteiger partial charge in [-0.05, 0) is 47.5 Å². The number of anilines is 1. The molecule has 30 heavy (non-hydrogen) atoms. The molecule has 3 nitrogen and oxygen atoms in total. The van der Waals surface area contributed by atoms with Crippen molar-refractivity contribution in [3.63, 3.8) is 0 Å². The predicted molar refractivity (Wildman–Crippen MR) is 119 cm³/mol. The zero-order chi connectivity index (χ0) is 20.4. The summed E-state index contributed by atoms with van der Waals surface area (Å²) in [5.74, 6) is 1.68. The van der Waals surface area contributed by atoms with Crippen molar-refractivity contribution in [3.05, 3.63) is 126 Å². The number of rotatable bonds is 5. The Morgan fingerprint density at radius 2 is 1.27 bits per heavy atom. The van der Waals surface area contributed by atoms with Gasteiger partial charge in [0.1, 0.15) is 17.0 Å². The van der Waals surface area contributed by atoms with E-state index in [0.717, 1.165) is 33.9 Å². The summed E-state index contributed by atoms with van der Waals surface area (Å²) in [7, 11) is 0. The molecule has 0 fully saturated rings. The lowest BCUT2D eigenvalue weighted by Gasteiger charge is -2.29. The van der Waals surface area contributed by atoms with E-state index in [0.29, 0.717) is 6.42 Å². The Labute approximate surface area is 176 Å². The Bertz CT molecular complexity index is 1170. The lowest BCUT2D eigenvalue weighted by Crippen LogP contribution is -2.40. The second kappa shape index (κ2) is 7.53. The van der Waals surface area contributed by atoms with E-state index in [9.17, 15) is 4.79 Å². The first-order valence-electron chi connectivity index (χ1n) is 10.0. The Balaban J connectivity index is 1.46. The van der Waals surface area contributed by atoms with Gasteiger partial charge in [0.25, 0.3) is 0 Å². The molecule has 1 aliphatic heterocycles. The largest absolute Gasteiger partial charge is 0.457 e. The van der Waals surface area contributed by atoms with Crippen LogP contribution in [0, 0.1) is 0 Å². The second-order valence-electron chi connectivity index (χ2n) is 7.51. The van der Waals surface area contributed by atoms with Crippen molar-refractivity contribution in [1.82, 2.24) is 0 Å². The molecule has 5 rings (SSSR count). The van der Waals surface area contributed by atoms with Gasteiger partial charge >= 0.3 is 0 Å². The number of ether oxygens (including phenoxy) is 1. The van der Waals surface area contributed by atoms with Crippen molar-refractivity contribution < 1.29 is 9.53 Å². The topological polar surface area (TPSA) is 38.3 Å². The Kier molecular flexibility index (Phi) is 4.56. The van der Waals surface area contributed by atoms with Crippen molar-refractivity contribution in [2.75, 3.05) is 5.32 Å². The van der Waals surface area contributed by atoms with Crippen LogP contribution in [0.25, 0.3) is 0 Å². The molecule has 4 aromatic rings. The predicted octanol–water partition coefficient (Wildman–Crippen LogP) is 6.23. The number of Topliss-reactive ketones (excluding diaryl/α,β-unsaturated/α-hetero) is 1. The van der Waals surface area contributed by atoms with Gasteiger partial charge in [-0.25, -0.2) is 0 Å². The number of nitrogens with one attached hydrogen (secondary N) is 1. The summed E-state index contributed by atoms with van der Waals surface area (Å²) >= 11 is 0. The summed E-state index contributed by atoms with van der Waals surface area (Å²) in [6, 6.07) is 35.4. The molecule has 1 atom stereocenters. The highest BCUT2D eigenvalue weighted by molar-refractivity contribution is 6.13. The summed E-state index contributed by atoms with van der Waals surface area (Å²) in [4.78, 5) is 13.5. The first-order valence-corrected chi connectivity index (χ1v) is 10.0. The molecule has 1 heterocycles. The van der Waals surface area contributed by atoms with Crippen LogP contribution in [0.2, 0.25) is 0 Å². The molecule has 1 unspecified atom stereocenters. The van der Waals surface area contributed by atoms with E-state index in [1.807, 2.05) is 109 Å². The number of benzene rings is 4. The monoisotopic (exact) mass is 391 g/mol. The van der Waals surface area contributed by atoms with Crippen LogP contribution < -0.4 is 10.1 Å².